The van der Waals surface area contributed by atoms with Crippen LogP contribution in [0.3, 0.4) is 0 Å². The second-order valence-corrected chi connectivity index (χ2v) is 1.41. The average Bonchev–Trinajstić information content (AvgIpc) is 1.56. The van der Waals surface area contributed by atoms with Crippen LogP contribution in [-0.2, 0) is 4.84 Å². The van der Waals surface area contributed by atoms with E-state index >= 15 is 0 Å². The van der Waals surface area contributed by atoms with Gasteiger partial charge in [-0.3, -0.25) is 4.84 Å². The van der Waals surface area contributed by atoms with Crippen LogP contribution in [0.4, 0.5) is 26.3 Å². The lowest BCUT2D eigenvalue weighted by atomic mass is 10.9. The Morgan fingerprint density at radius 2 is 1.18 bits per heavy atom. The van der Waals surface area contributed by atoms with Gasteiger partial charge in [0.05, 0.1) is 7.11 Å². The smallest absolute Gasteiger partial charge is 0.287 e. The van der Waals surface area contributed by atoms with Crippen molar-refractivity contribution < 1.29 is 31.2 Å². The Hall–Kier alpha value is -0.500. The lowest BCUT2D eigenvalue weighted by Crippen LogP contribution is -2.46. The first-order valence-electron chi connectivity index (χ1n) is 2.17. The summed E-state index contributed by atoms with van der Waals surface area (Å²) in [4.78, 5) is 3.06. The zero-order valence-corrected chi connectivity index (χ0v) is 5.12. The summed E-state index contributed by atoms with van der Waals surface area (Å²) < 4.78 is 67.8. The maximum absolute atomic E-state index is 11.3. The predicted octanol–water partition coefficient (Wildman–Crippen LogP) is 1.89. The first-order valence-corrected chi connectivity index (χ1v) is 2.17. The molecule has 0 aliphatic rings. The van der Waals surface area contributed by atoms with Crippen LogP contribution in [-0.4, -0.2) is 24.8 Å². The summed E-state index contributed by atoms with van der Waals surface area (Å²) in [5.74, 6) is 0. The van der Waals surface area contributed by atoms with Gasteiger partial charge in [-0.15, -0.1) is 0 Å². The summed E-state index contributed by atoms with van der Waals surface area (Å²) in [5.41, 5.74) is 0. The van der Waals surface area contributed by atoms with E-state index in [-0.39, 0.29) is 7.11 Å². The van der Waals surface area contributed by atoms with E-state index in [0.29, 0.717) is 0 Å². The van der Waals surface area contributed by atoms with Crippen molar-refractivity contribution in [2.24, 2.45) is 0 Å². The van der Waals surface area contributed by atoms with E-state index in [0.717, 1.165) is 0 Å². The lowest BCUT2D eigenvalue weighted by molar-refractivity contribution is -0.476. The molecule has 0 aromatic carbocycles. The van der Waals surface area contributed by atoms with Gasteiger partial charge in [0, 0.05) is 5.06 Å². The molecular formula is C3H3F6NO. The molecule has 0 N–H and O–H groups in total. The maximum atomic E-state index is 11.3. The minimum absolute atomic E-state index is 0.279. The zero-order chi connectivity index (χ0) is 9.28. The molecule has 0 aromatic rings. The predicted molar refractivity (Wildman–Crippen MR) is 21.0 cm³/mol. The van der Waals surface area contributed by atoms with Crippen molar-refractivity contribution in [3.05, 3.63) is 0 Å². The molecule has 11 heavy (non-hydrogen) atoms. The second-order valence-electron chi connectivity index (χ2n) is 1.41. The molecule has 0 fully saturated rings. The molecule has 0 spiro atoms. The summed E-state index contributed by atoms with van der Waals surface area (Å²) in [7, 11) is 0.279. The van der Waals surface area contributed by atoms with Gasteiger partial charge in [-0.05, 0) is 0 Å². The van der Waals surface area contributed by atoms with Gasteiger partial charge in [0.1, 0.15) is 0 Å². The molecule has 0 radical (unpaired) electrons. The molecule has 2 nitrogen and oxygen atoms in total. The van der Waals surface area contributed by atoms with Gasteiger partial charge in [0.2, 0.25) is 0 Å². The Bertz CT molecular complexity index is 113. The van der Waals surface area contributed by atoms with Crippen LogP contribution in [0.2, 0.25) is 0 Å². The van der Waals surface area contributed by atoms with E-state index in [1.54, 1.807) is 0 Å². The molecule has 0 amide bonds. The third-order valence-corrected chi connectivity index (χ3v) is 0.643. The molecule has 0 aromatic heterocycles. The third kappa shape index (κ3) is 2.93. The summed E-state index contributed by atoms with van der Waals surface area (Å²) in [5, 5.41) is -2.00. The number of halogens is 6. The first-order chi connectivity index (χ1) is 4.69. The molecule has 0 rings (SSSR count). The van der Waals surface area contributed by atoms with E-state index < -0.39 is 17.7 Å². The standard InChI is InChI=1S/C3H3F6NO/c1-11-10(2(4,5)6)3(7,8)9/h1H3. The van der Waals surface area contributed by atoms with Crippen LogP contribution in [0.25, 0.3) is 0 Å². The molecule has 0 atom stereocenters. The zero-order valence-electron chi connectivity index (χ0n) is 5.12. The third-order valence-electron chi connectivity index (χ3n) is 0.643. The number of hydroxylamine groups is 2. The highest BCUT2D eigenvalue weighted by Gasteiger charge is 2.55. The van der Waals surface area contributed by atoms with Crippen LogP contribution in [0, 0.1) is 0 Å². The van der Waals surface area contributed by atoms with Gasteiger partial charge in [-0.25, -0.2) is 0 Å². The van der Waals surface area contributed by atoms with Gasteiger partial charge < -0.3 is 0 Å². The lowest BCUT2D eigenvalue weighted by Gasteiger charge is -2.23. The quantitative estimate of drug-likeness (QED) is 0.349. The van der Waals surface area contributed by atoms with Gasteiger partial charge in [-0.1, -0.05) is 0 Å². The van der Waals surface area contributed by atoms with Crippen LogP contribution in [0.5, 0.6) is 0 Å². The molecule has 0 aliphatic heterocycles. The highest BCUT2D eigenvalue weighted by molar-refractivity contribution is 4.49. The van der Waals surface area contributed by atoms with Crippen molar-refractivity contribution in [1.29, 1.82) is 0 Å². The average molecular weight is 183 g/mol. The summed E-state index contributed by atoms with van der Waals surface area (Å²) in [6.07, 6.45) is -11.1. The van der Waals surface area contributed by atoms with E-state index in [9.17, 15) is 26.3 Å². The highest BCUT2D eigenvalue weighted by atomic mass is 19.4. The Morgan fingerprint density at radius 3 is 1.18 bits per heavy atom. The van der Waals surface area contributed by atoms with Crippen molar-refractivity contribution in [2.45, 2.75) is 12.6 Å². The minimum atomic E-state index is -5.56. The highest BCUT2D eigenvalue weighted by Crippen LogP contribution is 2.32. The molecule has 0 heterocycles. The molecule has 8 heteroatoms. The summed E-state index contributed by atoms with van der Waals surface area (Å²) in [6.45, 7) is 0. The molecule has 0 saturated heterocycles. The Labute approximate surface area is 57.3 Å². The Morgan fingerprint density at radius 1 is 0.909 bits per heavy atom. The number of hydrogen-bond donors (Lipinski definition) is 0. The monoisotopic (exact) mass is 183 g/mol. The van der Waals surface area contributed by atoms with Gasteiger partial charge in [0.25, 0.3) is 0 Å². The van der Waals surface area contributed by atoms with Gasteiger partial charge in [-0.2, -0.15) is 26.3 Å². The van der Waals surface area contributed by atoms with Crippen molar-refractivity contribution in [3.8, 4) is 0 Å². The van der Waals surface area contributed by atoms with Crippen LogP contribution >= 0.6 is 0 Å². The topological polar surface area (TPSA) is 12.5 Å². The Balaban J connectivity index is 4.43. The largest absolute Gasteiger partial charge is 0.490 e. The molecule has 68 valence electrons. The SMILES string of the molecule is CON(C(F)(F)F)C(F)(F)F. The van der Waals surface area contributed by atoms with E-state index in [2.05, 4.69) is 4.84 Å². The van der Waals surface area contributed by atoms with Gasteiger partial charge >= 0.3 is 12.6 Å². The van der Waals surface area contributed by atoms with Gasteiger partial charge in [0.15, 0.2) is 0 Å². The number of nitrogens with zero attached hydrogens (tertiary/aromatic N) is 1. The normalized spacial score (nSPS) is 14.2. The minimum Gasteiger partial charge on any atom is -0.287 e. The van der Waals surface area contributed by atoms with Crippen molar-refractivity contribution in [1.82, 2.24) is 5.06 Å². The number of alkyl halides is 6. The van der Waals surface area contributed by atoms with E-state index in [1.807, 2.05) is 0 Å². The van der Waals surface area contributed by atoms with Crippen molar-refractivity contribution in [2.75, 3.05) is 7.11 Å². The molecule has 0 unspecified atom stereocenters. The first kappa shape index (κ1) is 10.5. The second kappa shape index (κ2) is 2.86. The van der Waals surface area contributed by atoms with E-state index in [4.69, 9.17) is 0 Å². The fourth-order valence-corrected chi connectivity index (χ4v) is 0.351. The van der Waals surface area contributed by atoms with E-state index in [1.165, 1.54) is 0 Å². The van der Waals surface area contributed by atoms with Crippen LogP contribution < -0.4 is 0 Å². The summed E-state index contributed by atoms with van der Waals surface area (Å²) >= 11 is 0. The molecule has 0 bridgehead atoms. The number of hydrogen-bond acceptors (Lipinski definition) is 2. The molecule has 0 aliphatic carbocycles. The summed E-state index contributed by atoms with van der Waals surface area (Å²) in [6, 6.07) is 0. The fraction of sp³-hybridized carbons (Fsp3) is 1.00. The van der Waals surface area contributed by atoms with Crippen LogP contribution in [0.1, 0.15) is 0 Å². The maximum Gasteiger partial charge on any atom is 0.490 e. The molecular weight excluding hydrogens is 180 g/mol. The molecule has 0 saturated carbocycles. The van der Waals surface area contributed by atoms with Crippen molar-refractivity contribution in [3.63, 3.8) is 0 Å². The van der Waals surface area contributed by atoms with Crippen molar-refractivity contribution >= 4 is 0 Å². The Kier molecular flexibility index (Phi) is 2.73. The van der Waals surface area contributed by atoms with Crippen LogP contribution in [0.15, 0.2) is 0 Å². The fourth-order valence-electron chi connectivity index (χ4n) is 0.351. The number of rotatable bonds is 1.